The molecule has 0 bridgehead atoms. The fourth-order valence-corrected chi connectivity index (χ4v) is 2.16. The van der Waals surface area contributed by atoms with Crippen LogP contribution in [0, 0.1) is 0 Å². The molecule has 1 heterocycles. The maximum Gasteiger partial charge on any atom is 0.166 e. The number of rotatable bonds is 4. The van der Waals surface area contributed by atoms with Crippen molar-refractivity contribution in [3.63, 3.8) is 0 Å². The van der Waals surface area contributed by atoms with Gasteiger partial charge in [-0.25, -0.2) is 0 Å². The van der Waals surface area contributed by atoms with Gasteiger partial charge >= 0.3 is 0 Å². The van der Waals surface area contributed by atoms with Gasteiger partial charge in [-0.05, 0) is 11.1 Å². The van der Waals surface area contributed by atoms with E-state index in [9.17, 15) is 15.3 Å². The number of hydrogen-bond donors (Lipinski definition) is 3. The smallest absolute Gasteiger partial charge is 0.166 e. The molecular weight excluding hydrogens is 250 g/mol. The Bertz CT molecular complexity index is 463. The molecule has 5 atom stereocenters. The largest absolute Gasteiger partial charge is 0.390 e. The second-order valence-corrected chi connectivity index (χ2v) is 4.43. The molecule has 2 rings (SSSR count). The van der Waals surface area contributed by atoms with Crippen LogP contribution in [0.25, 0.3) is 10.4 Å². The van der Waals surface area contributed by atoms with Crippen LogP contribution in [0.1, 0.15) is 5.56 Å². The van der Waals surface area contributed by atoms with E-state index in [-0.39, 0.29) is 6.42 Å². The van der Waals surface area contributed by atoms with Crippen molar-refractivity contribution in [3.8, 4) is 0 Å². The van der Waals surface area contributed by atoms with Gasteiger partial charge in [-0.15, -0.1) is 0 Å². The lowest BCUT2D eigenvalue weighted by atomic mass is 9.99. The molecule has 7 nitrogen and oxygen atoms in total. The monoisotopic (exact) mass is 265 g/mol. The van der Waals surface area contributed by atoms with Crippen molar-refractivity contribution in [1.82, 2.24) is 0 Å². The maximum absolute atomic E-state index is 10.0. The lowest BCUT2D eigenvalue weighted by molar-refractivity contribution is -0.131. The molecule has 1 saturated heterocycles. The average Bonchev–Trinajstić information content (AvgIpc) is 2.68. The van der Waals surface area contributed by atoms with Crippen LogP contribution in [0.3, 0.4) is 0 Å². The summed E-state index contributed by atoms with van der Waals surface area (Å²) in [6.07, 6.45) is -4.33. The minimum absolute atomic E-state index is 0.276. The van der Waals surface area contributed by atoms with Gasteiger partial charge in [0.2, 0.25) is 0 Å². The summed E-state index contributed by atoms with van der Waals surface area (Å²) in [7, 11) is 0. The van der Waals surface area contributed by atoms with E-state index in [1.54, 1.807) is 0 Å². The number of nitrogens with zero attached hydrogens (tertiary/aromatic N) is 3. The number of ether oxygens (including phenoxy) is 1. The van der Waals surface area contributed by atoms with Gasteiger partial charge < -0.3 is 20.1 Å². The minimum atomic E-state index is -1.40. The molecular formula is C12H15N3O4. The second-order valence-electron chi connectivity index (χ2n) is 4.43. The third kappa shape index (κ3) is 3.04. The van der Waals surface area contributed by atoms with Crippen LogP contribution in [0.4, 0.5) is 0 Å². The third-order valence-corrected chi connectivity index (χ3v) is 3.13. The maximum atomic E-state index is 10.0. The Labute approximate surface area is 109 Å². The van der Waals surface area contributed by atoms with Gasteiger partial charge in [0.05, 0.1) is 12.2 Å². The molecule has 1 aromatic rings. The summed E-state index contributed by atoms with van der Waals surface area (Å²) in [5, 5.41) is 32.7. The van der Waals surface area contributed by atoms with E-state index in [0.717, 1.165) is 5.56 Å². The first-order valence-corrected chi connectivity index (χ1v) is 5.91. The van der Waals surface area contributed by atoms with Gasteiger partial charge in [-0.3, -0.25) is 0 Å². The molecule has 1 aliphatic heterocycles. The van der Waals surface area contributed by atoms with Crippen LogP contribution in [-0.2, 0) is 11.2 Å². The summed E-state index contributed by atoms with van der Waals surface area (Å²) in [5.41, 5.74) is 9.22. The van der Waals surface area contributed by atoms with Crippen molar-refractivity contribution < 1.29 is 20.1 Å². The Kier molecular flexibility index (Phi) is 4.36. The lowest BCUT2D eigenvalue weighted by Gasteiger charge is -2.21. The molecule has 0 aromatic heterocycles. The van der Waals surface area contributed by atoms with E-state index in [1.807, 2.05) is 30.3 Å². The summed E-state index contributed by atoms with van der Waals surface area (Å²) in [5.74, 6) is 0. The van der Waals surface area contributed by atoms with Crippen LogP contribution in [0.15, 0.2) is 35.4 Å². The molecule has 0 amide bonds. The van der Waals surface area contributed by atoms with Crippen LogP contribution >= 0.6 is 0 Å². The number of hydrogen-bond acceptors (Lipinski definition) is 5. The fraction of sp³-hybridized carbons (Fsp3) is 0.500. The number of azide groups is 1. The molecule has 1 aromatic carbocycles. The zero-order chi connectivity index (χ0) is 13.8. The molecule has 7 heteroatoms. The normalized spacial score (nSPS) is 31.7. The molecule has 0 radical (unpaired) electrons. The number of aliphatic hydroxyl groups is 3. The van der Waals surface area contributed by atoms with Crippen molar-refractivity contribution in [1.29, 1.82) is 0 Å². The Hall–Kier alpha value is -1.63. The SMILES string of the molecule is [N-]=[N+]=N[C@H]1[C@H](O)[C@@H](C(O)Cc2ccccc2)O[C@@H]1O. The molecule has 1 aliphatic rings. The third-order valence-electron chi connectivity index (χ3n) is 3.13. The molecule has 0 aliphatic carbocycles. The summed E-state index contributed by atoms with van der Waals surface area (Å²) in [6.45, 7) is 0. The molecule has 1 fully saturated rings. The molecule has 0 spiro atoms. The highest BCUT2D eigenvalue weighted by Gasteiger charge is 2.45. The highest BCUT2D eigenvalue weighted by atomic mass is 16.6. The fourth-order valence-electron chi connectivity index (χ4n) is 2.16. The Morgan fingerprint density at radius 3 is 2.63 bits per heavy atom. The highest BCUT2D eigenvalue weighted by molar-refractivity contribution is 5.16. The molecule has 102 valence electrons. The quantitative estimate of drug-likeness (QED) is 0.413. The van der Waals surface area contributed by atoms with Gasteiger partial charge in [-0.1, -0.05) is 35.4 Å². The first-order valence-electron chi connectivity index (χ1n) is 5.91. The van der Waals surface area contributed by atoms with Gasteiger partial charge in [0, 0.05) is 11.3 Å². The standard InChI is InChI=1S/C12H15N3O4/c13-15-14-9-10(17)11(19-12(9)18)8(16)6-7-4-2-1-3-5-7/h1-5,8-12,16-18H,6H2/t8?,9-,10-,11+,12-/m0/s1. The minimum Gasteiger partial charge on any atom is -0.390 e. The zero-order valence-electron chi connectivity index (χ0n) is 10.1. The molecule has 0 saturated carbocycles. The second kappa shape index (κ2) is 6.01. The highest BCUT2D eigenvalue weighted by Crippen LogP contribution is 2.26. The lowest BCUT2D eigenvalue weighted by Crippen LogP contribution is -2.39. The van der Waals surface area contributed by atoms with E-state index >= 15 is 0 Å². The Morgan fingerprint density at radius 1 is 1.32 bits per heavy atom. The predicted octanol–water partition coefficient (Wildman–Crippen LogP) is 0.347. The molecule has 19 heavy (non-hydrogen) atoms. The van der Waals surface area contributed by atoms with Crippen molar-refractivity contribution in [2.24, 2.45) is 5.11 Å². The van der Waals surface area contributed by atoms with E-state index in [1.165, 1.54) is 0 Å². The number of benzene rings is 1. The van der Waals surface area contributed by atoms with Crippen LogP contribution < -0.4 is 0 Å². The van der Waals surface area contributed by atoms with Crippen LogP contribution in [0.2, 0.25) is 0 Å². The van der Waals surface area contributed by atoms with Gasteiger partial charge in [0.25, 0.3) is 0 Å². The van der Waals surface area contributed by atoms with Crippen molar-refractivity contribution >= 4 is 0 Å². The van der Waals surface area contributed by atoms with E-state index < -0.39 is 30.6 Å². The predicted molar refractivity (Wildman–Crippen MR) is 66.0 cm³/mol. The van der Waals surface area contributed by atoms with Crippen molar-refractivity contribution in [3.05, 3.63) is 46.3 Å². The van der Waals surface area contributed by atoms with E-state index in [0.29, 0.717) is 0 Å². The summed E-state index contributed by atoms with van der Waals surface area (Å²) in [6, 6.07) is 8.12. The average molecular weight is 265 g/mol. The zero-order valence-corrected chi connectivity index (χ0v) is 10.1. The van der Waals surface area contributed by atoms with Crippen molar-refractivity contribution in [2.75, 3.05) is 0 Å². The van der Waals surface area contributed by atoms with E-state index in [2.05, 4.69) is 10.0 Å². The van der Waals surface area contributed by atoms with Crippen LogP contribution in [0.5, 0.6) is 0 Å². The van der Waals surface area contributed by atoms with Crippen molar-refractivity contribution in [2.45, 2.75) is 37.1 Å². The molecule has 1 unspecified atom stereocenters. The van der Waals surface area contributed by atoms with Gasteiger partial charge in [0.15, 0.2) is 6.29 Å². The first kappa shape index (κ1) is 13.8. The summed E-state index contributed by atoms with van der Waals surface area (Å²) < 4.78 is 5.06. The summed E-state index contributed by atoms with van der Waals surface area (Å²) in [4.78, 5) is 2.54. The summed E-state index contributed by atoms with van der Waals surface area (Å²) >= 11 is 0. The molecule has 3 N–H and O–H groups in total. The van der Waals surface area contributed by atoms with Gasteiger partial charge in [-0.2, -0.15) is 0 Å². The van der Waals surface area contributed by atoms with Crippen LogP contribution in [-0.4, -0.2) is 46.0 Å². The Balaban J connectivity index is 2.04. The number of aliphatic hydroxyl groups excluding tert-OH is 3. The first-order chi connectivity index (χ1) is 9.13. The van der Waals surface area contributed by atoms with Gasteiger partial charge in [0.1, 0.15) is 12.1 Å². The Morgan fingerprint density at radius 2 is 2.00 bits per heavy atom. The van der Waals surface area contributed by atoms with E-state index in [4.69, 9.17) is 10.3 Å². The topological polar surface area (TPSA) is 119 Å².